The predicted octanol–water partition coefficient (Wildman–Crippen LogP) is 0.723. The van der Waals surface area contributed by atoms with Gasteiger partial charge in [0.05, 0.1) is 10.7 Å². The van der Waals surface area contributed by atoms with Crippen molar-refractivity contribution in [3.05, 3.63) is 15.6 Å². The summed E-state index contributed by atoms with van der Waals surface area (Å²) in [6.45, 7) is 3.15. The zero-order chi connectivity index (χ0) is 9.42. The molecule has 70 valence electrons. The minimum atomic E-state index is -0.793. The molecule has 2 N–H and O–H groups in total. The molecule has 0 bridgehead atoms. The first-order valence-corrected chi connectivity index (χ1v) is 4.90. The second kappa shape index (κ2) is 3.08. The number of fused-ring (bicyclic) bond motifs is 1. The molecule has 0 aromatic carbocycles. The van der Waals surface area contributed by atoms with Gasteiger partial charge in [0.25, 0.3) is 0 Å². The van der Waals surface area contributed by atoms with E-state index in [2.05, 4.69) is 10.3 Å². The number of hydrogen-bond acceptors (Lipinski definition) is 4. The highest BCUT2D eigenvalue weighted by atomic mass is 32.1. The van der Waals surface area contributed by atoms with Crippen LogP contribution in [0.1, 0.15) is 21.5 Å². The maximum Gasteiger partial charge on any atom is 0.313 e. The van der Waals surface area contributed by atoms with Crippen molar-refractivity contribution in [1.29, 1.82) is 0 Å². The molecule has 0 saturated carbocycles. The number of nitrogens with zero attached hydrogens (tertiary/aromatic N) is 1. The van der Waals surface area contributed by atoms with Crippen molar-refractivity contribution in [3.8, 4) is 0 Å². The molecule has 4 nitrogen and oxygen atoms in total. The van der Waals surface area contributed by atoms with Crippen molar-refractivity contribution in [2.24, 2.45) is 0 Å². The Morgan fingerprint density at radius 1 is 1.77 bits per heavy atom. The van der Waals surface area contributed by atoms with Gasteiger partial charge in [-0.2, -0.15) is 0 Å². The summed E-state index contributed by atoms with van der Waals surface area (Å²) in [5, 5.41) is 12.9. The fourth-order valence-corrected chi connectivity index (χ4v) is 2.48. The van der Waals surface area contributed by atoms with Crippen molar-refractivity contribution in [2.45, 2.75) is 19.4 Å². The number of hydrogen-bond donors (Lipinski definition) is 2. The lowest BCUT2D eigenvalue weighted by atomic mass is 10.0. The molecule has 0 aliphatic carbocycles. The Morgan fingerprint density at radius 2 is 2.54 bits per heavy atom. The van der Waals surface area contributed by atoms with E-state index >= 15 is 0 Å². The van der Waals surface area contributed by atoms with Crippen LogP contribution in [0, 0.1) is 6.92 Å². The minimum Gasteiger partial charge on any atom is -0.481 e. The van der Waals surface area contributed by atoms with E-state index in [9.17, 15) is 4.79 Å². The Balaban J connectivity index is 2.41. The number of rotatable bonds is 1. The van der Waals surface area contributed by atoms with E-state index in [0.717, 1.165) is 22.1 Å². The van der Waals surface area contributed by atoms with Crippen LogP contribution in [-0.2, 0) is 11.3 Å². The fraction of sp³-hybridized carbons (Fsp3) is 0.500. The molecule has 1 aliphatic heterocycles. The molecule has 0 fully saturated rings. The molecule has 2 heterocycles. The second-order valence-corrected chi connectivity index (χ2v) is 4.35. The number of aliphatic carboxylic acids is 1. The summed E-state index contributed by atoms with van der Waals surface area (Å²) >= 11 is 1.57. The van der Waals surface area contributed by atoms with Crippen LogP contribution in [-0.4, -0.2) is 22.6 Å². The molecule has 0 radical (unpaired) electrons. The highest BCUT2D eigenvalue weighted by Crippen LogP contribution is 2.27. The average Bonchev–Trinajstić information content (AvgIpc) is 2.43. The predicted molar refractivity (Wildman–Crippen MR) is 48.9 cm³/mol. The van der Waals surface area contributed by atoms with Gasteiger partial charge in [-0.05, 0) is 6.92 Å². The lowest BCUT2D eigenvalue weighted by Gasteiger charge is -2.17. The van der Waals surface area contributed by atoms with Gasteiger partial charge in [-0.1, -0.05) is 0 Å². The van der Waals surface area contributed by atoms with E-state index in [1.54, 1.807) is 11.3 Å². The number of carboxylic acids is 1. The number of aromatic nitrogens is 1. The van der Waals surface area contributed by atoms with E-state index < -0.39 is 11.9 Å². The third-order valence-electron chi connectivity index (χ3n) is 2.10. The van der Waals surface area contributed by atoms with Crippen LogP contribution in [0.3, 0.4) is 0 Å². The van der Waals surface area contributed by atoms with E-state index in [1.165, 1.54) is 0 Å². The monoisotopic (exact) mass is 198 g/mol. The first kappa shape index (κ1) is 8.65. The molecule has 1 aromatic rings. The molecule has 1 aliphatic rings. The first-order chi connectivity index (χ1) is 6.18. The Kier molecular flexibility index (Phi) is 2.05. The first-order valence-electron chi connectivity index (χ1n) is 4.08. The van der Waals surface area contributed by atoms with E-state index in [1.807, 2.05) is 6.92 Å². The quantitative estimate of drug-likeness (QED) is 0.698. The van der Waals surface area contributed by atoms with Gasteiger partial charge in [-0.25, -0.2) is 4.98 Å². The smallest absolute Gasteiger partial charge is 0.313 e. The molecule has 0 amide bonds. The van der Waals surface area contributed by atoms with Gasteiger partial charge in [0.1, 0.15) is 5.92 Å². The lowest BCUT2D eigenvalue weighted by molar-refractivity contribution is -0.138. The molecule has 13 heavy (non-hydrogen) atoms. The molecule has 2 rings (SSSR count). The summed E-state index contributed by atoms with van der Waals surface area (Å²) in [7, 11) is 0. The summed E-state index contributed by atoms with van der Waals surface area (Å²) in [5.74, 6) is -1.26. The van der Waals surface area contributed by atoms with Gasteiger partial charge in [0.2, 0.25) is 0 Å². The molecule has 1 unspecified atom stereocenters. The molecule has 0 spiro atoms. The summed E-state index contributed by atoms with van der Waals surface area (Å²) in [4.78, 5) is 16.2. The standard InChI is InChI=1S/C8H10N2O2S/c1-4-10-7-5(8(11)12)2-9-3-6(7)13-4/h5,9H,2-3H2,1H3,(H,11,12). The van der Waals surface area contributed by atoms with Crippen molar-refractivity contribution in [2.75, 3.05) is 6.54 Å². The van der Waals surface area contributed by atoms with E-state index in [4.69, 9.17) is 5.11 Å². The van der Waals surface area contributed by atoms with Crippen LogP contribution < -0.4 is 5.32 Å². The summed E-state index contributed by atoms with van der Waals surface area (Å²) in [5.41, 5.74) is 0.758. The van der Waals surface area contributed by atoms with Crippen LogP contribution in [0.2, 0.25) is 0 Å². The van der Waals surface area contributed by atoms with Gasteiger partial charge in [0, 0.05) is 18.0 Å². The van der Waals surface area contributed by atoms with Crippen molar-refractivity contribution >= 4 is 17.3 Å². The third kappa shape index (κ3) is 1.45. The van der Waals surface area contributed by atoms with Gasteiger partial charge in [-0.15, -0.1) is 11.3 Å². The van der Waals surface area contributed by atoms with Crippen molar-refractivity contribution in [3.63, 3.8) is 0 Å². The van der Waals surface area contributed by atoms with Crippen LogP contribution in [0.5, 0.6) is 0 Å². The van der Waals surface area contributed by atoms with Gasteiger partial charge < -0.3 is 10.4 Å². The fourth-order valence-electron chi connectivity index (χ4n) is 1.52. The van der Waals surface area contributed by atoms with Crippen LogP contribution in [0.25, 0.3) is 0 Å². The summed E-state index contributed by atoms with van der Waals surface area (Å²) in [6, 6.07) is 0. The van der Waals surface area contributed by atoms with Gasteiger partial charge >= 0.3 is 5.97 Å². The van der Waals surface area contributed by atoms with Crippen molar-refractivity contribution in [1.82, 2.24) is 10.3 Å². The summed E-state index contributed by atoms with van der Waals surface area (Å²) < 4.78 is 0. The largest absolute Gasteiger partial charge is 0.481 e. The Hall–Kier alpha value is -0.940. The topological polar surface area (TPSA) is 62.2 Å². The van der Waals surface area contributed by atoms with Crippen LogP contribution in [0.4, 0.5) is 0 Å². The van der Waals surface area contributed by atoms with Gasteiger partial charge in [0.15, 0.2) is 0 Å². The van der Waals surface area contributed by atoms with Gasteiger partial charge in [-0.3, -0.25) is 4.79 Å². The number of aryl methyl sites for hydroxylation is 1. The highest BCUT2D eigenvalue weighted by molar-refractivity contribution is 7.11. The minimum absolute atomic E-state index is 0.464. The van der Waals surface area contributed by atoms with E-state index in [0.29, 0.717) is 6.54 Å². The van der Waals surface area contributed by atoms with Crippen LogP contribution >= 0.6 is 11.3 Å². The number of carbonyl (C=O) groups is 1. The number of nitrogens with one attached hydrogen (secondary N) is 1. The SMILES string of the molecule is Cc1nc2c(s1)CNCC2C(=O)O. The highest BCUT2D eigenvalue weighted by Gasteiger charge is 2.28. The summed E-state index contributed by atoms with van der Waals surface area (Å²) in [6.07, 6.45) is 0. The lowest BCUT2D eigenvalue weighted by Crippen LogP contribution is -2.32. The van der Waals surface area contributed by atoms with E-state index in [-0.39, 0.29) is 0 Å². The molecule has 5 heteroatoms. The molecule has 0 saturated heterocycles. The number of carboxylic acid groups (broad SMARTS) is 1. The molecular weight excluding hydrogens is 188 g/mol. The zero-order valence-electron chi connectivity index (χ0n) is 7.20. The zero-order valence-corrected chi connectivity index (χ0v) is 8.02. The third-order valence-corrected chi connectivity index (χ3v) is 3.08. The van der Waals surface area contributed by atoms with Crippen LogP contribution in [0.15, 0.2) is 0 Å². The molecule has 1 aromatic heterocycles. The molecular formula is C8H10N2O2S. The maximum absolute atomic E-state index is 10.9. The average molecular weight is 198 g/mol. The Morgan fingerprint density at radius 3 is 3.23 bits per heavy atom. The van der Waals surface area contributed by atoms with Crippen molar-refractivity contribution < 1.29 is 9.90 Å². The Labute approximate surface area is 79.6 Å². The second-order valence-electron chi connectivity index (χ2n) is 3.06. The number of thiazole rings is 1. The maximum atomic E-state index is 10.9. The normalized spacial score (nSPS) is 21.2. The molecule has 1 atom stereocenters. The Bertz CT molecular complexity index is 348.